The first-order chi connectivity index (χ1) is 10.2. The van der Waals surface area contributed by atoms with Crippen molar-refractivity contribution in [2.24, 2.45) is 0 Å². The molecule has 0 radical (unpaired) electrons. The van der Waals surface area contributed by atoms with Gasteiger partial charge in [-0.25, -0.2) is 9.78 Å². The molecular formula is C15H20N2O3S. The van der Waals surface area contributed by atoms with Crippen molar-refractivity contribution in [1.29, 1.82) is 0 Å². The SMILES string of the molecule is CSc1ncccc1C(=O)OCC(=O)N1CCCCCC1. The highest BCUT2D eigenvalue weighted by Crippen LogP contribution is 2.17. The third-order valence-electron chi connectivity index (χ3n) is 3.47. The molecule has 2 heterocycles. The second-order valence-corrected chi connectivity index (χ2v) is 5.73. The summed E-state index contributed by atoms with van der Waals surface area (Å²) in [5.74, 6) is -0.601. The molecule has 1 aromatic heterocycles. The Morgan fingerprint density at radius 3 is 2.67 bits per heavy atom. The molecule has 0 N–H and O–H groups in total. The molecule has 114 valence electrons. The van der Waals surface area contributed by atoms with E-state index in [1.165, 1.54) is 11.8 Å². The lowest BCUT2D eigenvalue weighted by Gasteiger charge is -2.20. The zero-order valence-corrected chi connectivity index (χ0v) is 13.0. The quantitative estimate of drug-likeness (QED) is 0.631. The molecule has 0 saturated carbocycles. The number of esters is 1. The highest BCUT2D eigenvalue weighted by Gasteiger charge is 2.19. The van der Waals surface area contributed by atoms with Gasteiger partial charge in [-0.1, -0.05) is 12.8 Å². The van der Waals surface area contributed by atoms with Gasteiger partial charge in [-0.3, -0.25) is 4.79 Å². The maximum Gasteiger partial charge on any atom is 0.341 e. The van der Waals surface area contributed by atoms with Crippen molar-refractivity contribution in [3.05, 3.63) is 23.9 Å². The van der Waals surface area contributed by atoms with Gasteiger partial charge >= 0.3 is 5.97 Å². The topological polar surface area (TPSA) is 59.5 Å². The Bertz CT molecular complexity index is 499. The van der Waals surface area contributed by atoms with Crippen molar-refractivity contribution in [3.63, 3.8) is 0 Å². The van der Waals surface area contributed by atoms with Crippen LogP contribution in [0.3, 0.4) is 0 Å². The Balaban J connectivity index is 1.89. The molecule has 0 aromatic carbocycles. The van der Waals surface area contributed by atoms with Crippen LogP contribution in [-0.4, -0.2) is 47.7 Å². The zero-order valence-electron chi connectivity index (χ0n) is 12.2. The van der Waals surface area contributed by atoms with E-state index in [0.717, 1.165) is 38.8 Å². The number of carbonyl (C=O) groups is 2. The van der Waals surface area contributed by atoms with E-state index >= 15 is 0 Å². The van der Waals surface area contributed by atoms with Crippen molar-refractivity contribution in [2.75, 3.05) is 26.0 Å². The van der Waals surface area contributed by atoms with Gasteiger partial charge in [-0.05, 0) is 31.2 Å². The predicted molar refractivity (Wildman–Crippen MR) is 81.3 cm³/mol. The first-order valence-electron chi connectivity index (χ1n) is 7.16. The lowest BCUT2D eigenvalue weighted by Crippen LogP contribution is -2.35. The van der Waals surface area contributed by atoms with Crippen molar-refractivity contribution in [2.45, 2.75) is 30.7 Å². The van der Waals surface area contributed by atoms with Crippen molar-refractivity contribution in [1.82, 2.24) is 9.88 Å². The minimum Gasteiger partial charge on any atom is -0.452 e. The highest BCUT2D eigenvalue weighted by molar-refractivity contribution is 7.98. The second kappa shape index (κ2) is 8.02. The standard InChI is InChI=1S/C15H20N2O3S/c1-21-14-12(7-6-8-16-14)15(19)20-11-13(18)17-9-4-2-3-5-10-17/h6-8H,2-5,9-11H2,1H3. The monoisotopic (exact) mass is 308 g/mol. The Morgan fingerprint density at radius 1 is 1.29 bits per heavy atom. The summed E-state index contributed by atoms with van der Waals surface area (Å²) in [5.41, 5.74) is 0.411. The summed E-state index contributed by atoms with van der Waals surface area (Å²) in [4.78, 5) is 30.0. The number of rotatable bonds is 4. The number of carbonyl (C=O) groups excluding carboxylic acids is 2. The molecule has 6 heteroatoms. The lowest BCUT2D eigenvalue weighted by molar-refractivity contribution is -0.134. The molecule has 0 unspecified atom stereocenters. The normalized spacial score (nSPS) is 15.4. The van der Waals surface area contributed by atoms with E-state index in [9.17, 15) is 9.59 Å². The fraction of sp³-hybridized carbons (Fsp3) is 0.533. The maximum atomic E-state index is 12.1. The molecule has 0 spiro atoms. The van der Waals surface area contributed by atoms with E-state index < -0.39 is 5.97 Å². The van der Waals surface area contributed by atoms with Crippen LogP contribution in [0.4, 0.5) is 0 Å². The molecule has 0 bridgehead atoms. The average Bonchev–Trinajstić information content (AvgIpc) is 2.81. The number of thioether (sulfide) groups is 1. The number of ether oxygens (including phenoxy) is 1. The fourth-order valence-electron chi connectivity index (χ4n) is 2.33. The van der Waals surface area contributed by atoms with Crippen LogP contribution in [0.15, 0.2) is 23.4 Å². The van der Waals surface area contributed by atoms with E-state index in [-0.39, 0.29) is 12.5 Å². The Kier molecular flexibility index (Phi) is 6.04. The van der Waals surface area contributed by atoms with E-state index in [1.807, 2.05) is 6.26 Å². The van der Waals surface area contributed by atoms with Gasteiger partial charge < -0.3 is 9.64 Å². The summed E-state index contributed by atoms with van der Waals surface area (Å²) in [7, 11) is 0. The van der Waals surface area contributed by atoms with E-state index in [2.05, 4.69) is 4.98 Å². The van der Waals surface area contributed by atoms with Gasteiger partial charge in [0.1, 0.15) is 5.03 Å². The number of likely N-dealkylation sites (tertiary alicyclic amines) is 1. The molecule has 1 aromatic rings. The van der Waals surface area contributed by atoms with Crippen LogP contribution in [0, 0.1) is 0 Å². The average molecular weight is 308 g/mol. The third-order valence-corrected chi connectivity index (χ3v) is 4.18. The van der Waals surface area contributed by atoms with Crippen molar-refractivity contribution < 1.29 is 14.3 Å². The van der Waals surface area contributed by atoms with Gasteiger partial charge in [0, 0.05) is 19.3 Å². The maximum absolute atomic E-state index is 12.1. The number of aromatic nitrogens is 1. The summed E-state index contributed by atoms with van der Waals surface area (Å²) in [6.07, 6.45) is 7.86. The Hall–Kier alpha value is -1.56. The third kappa shape index (κ3) is 4.46. The molecular weight excluding hydrogens is 288 g/mol. The molecule has 2 rings (SSSR count). The van der Waals surface area contributed by atoms with Crippen LogP contribution in [0.5, 0.6) is 0 Å². The molecule has 21 heavy (non-hydrogen) atoms. The highest BCUT2D eigenvalue weighted by atomic mass is 32.2. The van der Waals surface area contributed by atoms with Crippen LogP contribution < -0.4 is 0 Å². The molecule has 0 atom stereocenters. The van der Waals surface area contributed by atoms with Crippen molar-refractivity contribution in [3.8, 4) is 0 Å². The molecule has 5 nitrogen and oxygen atoms in total. The zero-order chi connectivity index (χ0) is 15.1. The number of hydrogen-bond donors (Lipinski definition) is 0. The Morgan fingerprint density at radius 2 is 2.00 bits per heavy atom. The van der Waals surface area contributed by atoms with Crippen LogP contribution in [0.2, 0.25) is 0 Å². The number of amides is 1. The molecule has 1 aliphatic rings. The summed E-state index contributed by atoms with van der Waals surface area (Å²) in [6, 6.07) is 3.35. The van der Waals surface area contributed by atoms with Crippen LogP contribution in [-0.2, 0) is 9.53 Å². The summed E-state index contributed by atoms with van der Waals surface area (Å²) >= 11 is 1.38. The van der Waals surface area contributed by atoms with Gasteiger partial charge in [0.25, 0.3) is 5.91 Å². The summed E-state index contributed by atoms with van der Waals surface area (Å²) < 4.78 is 5.14. The number of hydrogen-bond acceptors (Lipinski definition) is 5. The van der Waals surface area contributed by atoms with Gasteiger partial charge in [-0.15, -0.1) is 11.8 Å². The summed E-state index contributed by atoms with van der Waals surface area (Å²) in [5, 5.41) is 0.615. The van der Waals surface area contributed by atoms with Crippen molar-refractivity contribution >= 4 is 23.6 Å². The van der Waals surface area contributed by atoms with E-state index in [0.29, 0.717) is 10.6 Å². The number of nitrogens with zero attached hydrogens (tertiary/aromatic N) is 2. The summed E-state index contributed by atoms with van der Waals surface area (Å²) in [6.45, 7) is 1.33. The minimum absolute atomic E-state index is 0.111. The molecule has 0 aliphatic carbocycles. The Labute approximate surface area is 129 Å². The molecule has 1 saturated heterocycles. The minimum atomic E-state index is -0.490. The van der Waals surface area contributed by atoms with E-state index in [1.54, 1.807) is 23.2 Å². The van der Waals surface area contributed by atoms with Crippen LogP contribution in [0.1, 0.15) is 36.0 Å². The molecule has 1 amide bonds. The van der Waals surface area contributed by atoms with Gasteiger partial charge in [0.2, 0.25) is 0 Å². The number of pyridine rings is 1. The largest absolute Gasteiger partial charge is 0.452 e. The molecule has 1 fully saturated rings. The van der Waals surface area contributed by atoms with Gasteiger partial charge in [0.05, 0.1) is 5.56 Å². The first-order valence-corrected chi connectivity index (χ1v) is 8.38. The smallest absolute Gasteiger partial charge is 0.341 e. The van der Waals surface area contributed by atoms with Gasteiger partial charge in [-0.2, -0.15) is 0 Å². The molecule has 1 aliphatic heterocycles. The second-order valence-electron chi connectivity index (χ2n) is 4.93. The first kappa shape index (κ1) is 15.8. The van der Waals surface area contributed by atoms with Crippen LogP contribution in [0.25, 0.3) is 0 Å². The van der Waals surface area contributed by atoms with Crippen LogP contribution >= 0.6 is 11.8 Å². The van der Waals surface area contributed by atoms with Gasteiger partial charge in [0.15, 0.2) is 6.61 Å². The lowest BCUT2D eigenvalue weighted by atomic mass is 10.2. The fourth-order valence-corrected chi connectivity index (χ4v) is 2.86. The predicted octanol–water partition coefficient (Wildman–Crippen LogP) is 2.36. The van der Waals surface area contributed by atoms with E-state index in [4.69, 9.17) is 4.74 Å².